The molecular formula is C19H34N2. The van der Waals surface area contributed by atoms with Crippen LogP contribution in [0.1, 0.15) is 95.5 Å². The topological polar surface area (TPSA) is 28.7 Å². The number of aryl methyl sites for hydroxylation is 1. The number of nitrogens with one attached hydrogen (secondary N) is 1. The molecule has 1 rings (SSSR count). The zero-order valence-electron chi connectivity index (χ0n) is 14.0. The van der Waals surface area contributed by atoms with Crippen LogP contribution in [0.3, 0.4) is 0 Å². The fraction of sp³-hybridized carbons (Fsp3) is 0.737. The molecule has 1 N–H and O–H groups in total. The van der Waals surface area contributed by atoms with Crippen molar-refractivity contribution in [1.82, 2.24) is 9.97 Å². The van der Waals surface area contributed by atoms with Gasteiger partial charge in [0.15, 0.2) is 0 Å². The van der Waals surface area contributed by atoms with E-state index < -0.39 is 0 Å². The highest BCUT2D eigenvalue weighted by molar-refractivity contribution is 5.36. The number of nitrogens with zero attached hydrogens (tertiary/aromatic N) is 1. The molecule has 0 bridgehead atoms. The molecule has 0 saturated heterocycles. The lowest BCUT2D eigenvalue weighted by Crippen LogP contribution is -1.87. The quantitative estimate of drug-likeness (QED) is 0.400. The minimum absolute atomic E-state index is 0.893. The molecule has 0 fully saturated rings. The maximum Gasteiger partial charge on any atom is 0.129 e. The summed E-state index contributed by atoms with van der Waals surface area (Å²) in [7, 11) is 0. The highest BCUT2D eigenvalue weighted by atomic mass is 14.9. The van der Waals surface area contributed by atoms with Gasteiger partial charge in [0.05, 0.1) is 0 Å². The number of aromatic nitrogens is 2. The van der Waals surface area contributed by atoms with Crippen LogP contribution in [-0.4, -0.2) is 9.97 Å². The molecule has 0 unspecified atom stereocenters. The molecule has 0 radical (unpaired) electrons. The third-order valence-corrected chi connectivity index (χ3v) is 4.14. The van der Waals surface area contributed by atoms with E-state index in [1.807, 2.05) is 6.20 Å². The predicted octanol–water partition coefficient (Wildman–Crippen LogP) is 6.30. The Labute approximate surface area is 131 Å². The summed E-state index contributed by atoms with van der Waals surface area (Å²) < 4.78 is 0. The van der Waals surface area contributed by atoms with Crippen LogP contribution in [-0.2, 0) is 6.42 Å². The van der Waals surface area contributed by atoms with Crippen molar-refractivity contribution < 1.29 is 0 Å². The van der Waals surface area contributed by atoms with Gasteiger partial charge in [-0.05, 0) is 18.9 Å². The number of hydrogen-bond acceptors (Lipinski definition) is 1. The number of rotatable bonds is 14. The van der Waals surface area contributed by atoms with Crippen LogP contribution >= 0.6 is 0 Å². The van der Waals surface area contributed by atoms with Gasteiger partial charge in [0.25, 0.3) is 0 Å². The van der Waals surface area contributed by atoms with Crippen LogP contribution in [0.5, 0.6) is 0 Å². The Morgan fingerprint density at radius 3 is 1.90 bits per heavy atom. The average molecular weight is 290 g/mol. The van der Waals surface area contributed by atoms with Crippen molar-refractivity contribution in [3.8, 4) is 0 Å². The van der Waals surface area contributed by atoms with Crippen molar-refractivity contribution in [1.29, 1.82) is 0 Å². The molecule has 0 atom stereocenters. The molecule has 2 nitrogen and oxygen atoms in total. The van der Waals surface area contributed by atoms with Crippen LogP contribution in [0.2, 0.25) is 0 Å². The first-order valence-electron chi connectivity index (χ1n) is 9.03. The Kier molecular flexibility index (Phi) is 10.9. The van der Waals surface area contributed by atoms with Gasteiger partial charge in [-0.15, -0.1) is 0 Å². The van der Waals surface area contributed by atoms with Gasteiger partial charge in [-0.25, -0.2) is 4.98 Å². The Morgan fingerprint density at radius 2 is 1.43 bits per heavy atom. The summed E-state index contributed by atoms with van der Waals surface area (Å²) in [6, 6.07) is 0. The first-order valence-corrected chi connectivity index (χ1v) is 9.03. The van der Waals surface area contributed by atoms with Gasteiger partial charge in [0.1, 0.15) is 5.82 Å². The van der Waals surface area contributed by atoms with Gasteiger partial charge in [0, 0.05) is 11.9 Å². The third-order valence-electron chi connectivity index (χ3n) is 4.14. The molecule has 0 aliphatic heterocycles. The fourth-order valence-electron chi connectivity index (χ4n) is 2.76. The third kappa shape index (κ3) is 9.49. The van der Waals surface area contributed by atoms with Gasteiger partial charge in [-0.2, -0.15) is 0 Å². The van der Waals surface area contributed by atoms with Crippen molar-refractivity contribution in [2.75, 3.05) is 0 Å². The molecule has 1 heterocycles. The molecule has 2 heteroatoms. The molecule has 0 aliphatic rings. The van der Waals surface area contributed by atoms with Crippen molar-refractivity contribution in [2.24, 2.45) is 0 Å². The van der Waals surface area contributed by atoms with Gasteiger partial charge >= 0.3 is 0 Å². The summed E-state index contributed by atoms with van der Waals surface area (Å²) >= 11 is 0. The smallest absolute Gasteiger partial charge is 0.129 e. The van der Waals surface area contributed by atoms with Crippen molar-refractivity contribution in [2.45, 2.75) is 90.4 Å². The molecule has 1 aromatic rings. The maximum absolute atomic E-state index is 4.24. The van der Waals surface area contributed by atoms with E-state index in [-0.39, 0.29) is 0 Å². The minimum Gasteiger partial charge on any atom is -0.342 e. The zero-order chi connectivity index (χ0) is 15.2. The monoisotopic (exact) mass is 290 g/mol. The lowest BCUT2D eigenvalue weighted by Gasteiger charge is -2.02. The zero-order valence-corrected chi connectivity index (χ0v) is 14.0. The Balaban J connectivity index is 1.81. The minimum atomic E-state index is 0.893. The molecule has 120 valence electrons. The maximum atomic E-state index is 4.24. The molecule has 0 saturated carbocycles. The molecule has 21 heavy (non-hydrogen) atoms. The molecule has 0 aliphatic carbocycles. The predicted molar refractivity (Wildman–Crippen MR) is 93.5 cm³/mol. The highest BCUT2D eigenvalue weighted by Crippen LogP contribution is 2.13. The van der Waals surface area contributed by atoms with Crippen molar-refractivity contribution in [3.63, 3.8) is 0 Å². The van der Waals surface area contributed by atoms with Crippen molar-refractivity contribution >= 4 is 6.08 Å². The van der Waals surface area contributed by atoms with Crippen LogP contribution < -0.4 is 0 Å². The Bertz CT molecular complexity index is 354. The fourth-order valence-corrected chi connectivity index (χ4v) is 2.76. The van der Waals surface area contributed by atoms with E-state index in [1.54, 1.807) is 6.08 Å². The van der Waals surface area contributed by atoms with Gasteiger partial charge in [-0.3, -0.25) is 0 Å². The molecule has 0 amide bonds. The van der Waals surface area contributed by atoms with Gasteiger partial charge in [-0.1, -0.05) is 84.1 Å². The second-order valence-electron chi connectivity index (χ2n) is 6.14. The lowest BCUT2D eigenvalue weighted by atomic mass is 10.0. The number of imidazole rings is 1. The largest absolute Gasteiger partial charge is 0.342 e. The molecule has 0 aromatic carbocycles. The van der Waals surface area contributed by atoms with E-state index in [2.05, 4.69) is 23.5 Å². The summed E-state index contributed by atoms with van der Waals surface area (Å²) in [4.78, 5) is 7.51. The summed E-state index contributed by atoms with van der Waals surface area (Å²) in [6.07, 6.45) is 21.7. The normalized spacial score (nSPS) is 10.9. The molecule has 1 aromatic heterocycles. The second-order valence-corrected chi connectivity index (χ2v) is 6.14. The summed E-state index contributed by atoms with van der Waals surface area (Å²) in [5.74, 6) is 0.893. The van der Waals surface area contributed by atoms with Crippen LogP contribution in [0.15, 0.2) is 12.8 Å². The standard InChI is InChI=1S/C19H34N2/c1-3-5-6-7-8-9-10-11-12-13-14-15-16-18-17-20-19(4-2)21-18/h4,17H,2-3,5-16H2,1H3,(H,20,21). The van der Waals surface area contributed by atoms with Gasteiger partial charge < -0.3 is 4.98 Å². The summed E-state index contributed by atoms with van der Waals surface area (Å²) in [6.45, 7) is 6.00. The van der Waals surface area contributed by atoms with E-state index in [4.69, 9.17) is 0 Å². The first-order chi connectivity index (χ1) is 10.4. The van der Waals surface area contributed by atoms with Gasteiger partial charge in [0.2, 0.25) is 0 Å². The van der Waals surface area contributed by atoms with E-state index in [9.17, 15) is 0 Å². The number of hydrogen-bond donors (Lipinski definition) is 1. The van der Waals surface area contributed by atoms with Crippen LogP contribution in [0, 0.1) is 0 Å². The average Bonchev–Trinajstić information content (AvgIpc) is 2.96. The summed E-state index contributed by atoms with van der Waals surface area (Å²) in [5.41, 5.74) is 1.25. The van der Waals surface area contributed by atoms with E-state index in [0.29, 0.717) is 0 Å². The lowest BCUT2D eigenvalue weighted by molar-refractivity contribution is 0.543. The number of unbranched alkanes of at least 4 members (excludes halogenated alkanes) is 11. The Morgan fingerprint density at radius 1 is 0.905 bits per heavy atom. The second kappa shape index (κ2) is 12.7. The first kappa shape index (κ1) is 18.0. The van der Waals surface area contributed by atoms with E-state index in [1.165, 1.54) is 82.7 Å². The molecule has 0 spiro atoms. The Hall–Kier alpha value is -1.05. The van der Waals surface area contributed by atoms with E-state index in [0.717, 1.165) is 12.2 Å². The SMILES string of the molecule is C=Cc1ncc(CCCCCCCCCCCCCC)[nH]1. The number of aromatic amines is 1. The highest BCUT2D eigenvalue weighted by Gasteiger charge is 1.98. The van der Waals surface area contributed by atoms with E-state index >= 15 is 0 Å². The van der Waals surface area contributed by atoms with Crippen LogP contribution in [0.25, 0.3) is 6.08 Å². The number of H-pyrrole nitrogens is 1. The van der Waals surface area contributed by atoms with Crippen LogP contribution in [0.4, 0.5) is 0 Å². The van der Waals surface area contributed by atoms with Crippen molar-refractivity contribution in [3.05, 3.63) is 24.3 Å². The molecular weight excluding hydrogens is 256 g/mol. The summed E-state index contributed by atoms with van der Waals surface area (Å²) in [5, 5.41) is 0.